The molecule has 10 heteroatoms. The number of halogens is 2. The zero-order chi connectivity index (χ0) is 15.1. The summed E-state index contributed by atoms with van der Waals surface area (Å²) < 4.78 is 1.22. The Morgan fingerprint density at radius 2 is 1.35 bits per heavy atom. The smallest absolute Gasteiger partial charge is 0.162 e. The van der Waals surface area contributed by atoms with E-state index in [0.717, 1.165) is 0 Å². The number of hydrogen-bond acceptors (Lipinski definition) is 6. The van der Waals surface area contributed by atoms with Crippen LogP contribution in [0.15, 0.2) is 21.6 Å². The first-order chi connectivity index (χ1) is 9.38. The zero-order valence-corrected chi connectivity index (χ0v) is 14.0. The van der Waals surface area contributed by atoms with Gasteiger partial charge in [-0.1, -0.05) is 0 Å². The monoisotopic (exact) mass is 406 g/mol. The number of carbonyl (C=O) groups is 2. The highest BCUT2D eigenvalue weighted by Crippen LogP contribution is 2.16. The summed E-state index contributed by atoms with van der Waals surface area (Å²) in [5, 5.41) is 15.3. The van der Waals surface area contributed by atoms with Gasteiger partial charge in [0.2, 0.25) is 0 Å². The van der Waals surface area contributed by atoms with E-state index in [4.69, 9.17) is 0 Å². The number of Topliss-reactive ketones (excluding diaryl/α,β-unsaturated/α-hetero) is 2. The maximum Gasteiger partial charge on any atom is 0.162 e. The number of nitrogens with zero attached hydrogens (tertiary/aromatic N) is 6. The Bertz CT molecular complexity index is 561. The molecule has 0 unspecified atom stereocenters. The van der Waals surface area contributed by atoms with Gasteiger partial charge in [-0.05, 0) is 45.7 Å². The van der Waals surface area contributed by atoms with Crippen molar-refractivity contribution in [3.05, 3.63) is 21.6 Å². The topological polar surface area (TPSA) is 95.6 Å². The molecule has 0 aromatic carbocycles. The number of aromatic nitrogens is 6. The largest absolute Gasteiger partial charge is 0.298 e. The Labute approximate surface area is 131 Å². The van der Waals surface area contributed by atoms with Gasteiger partial charge in [0, 0.05) is 0 Å². The molecule has 2 heterocycles. The second-order valence-corrected chi connectivity index (χ2v) is 5.28. The first kappa shape index (κ1) is 16.6. The summed E-state index contributed by atoms with van der Waals surface area (Å²) in [7, 11) is 0. The van der Waals surface area contributed by atoms with Crippen LogP contribution in [0.2, 0.25) is 0 Å². The predicted molar refractivity (Wildman–Crippen MR) is 76.8 cm³/mol. The van der Waals surface area contributed by atoms with E-state index in [1.807, 2.05) is 0 Å². The number of rotatable bonds is 4. The summed E-state index contributed by atoms with van der Waals surface area (Å²) in [4.78, 5) is 23.7. The average Bonchev–Trinajstić information content (AvgIpc) is 2.89. The summed E-state index contributed by atoms with van der Waals surface area (Å²) in [6, 6.07) is 0. The van der Waals surface area contributed by atoms with Crippen LogP contribution in [-0.4, -0.2) is 41.6 Å². The number of ketones is 2. The Hall–Kier alpha value is -1.42. The van der Waals surface area contributed by atoms with Crippen molar-refractivity contribution in [2.45, 2.75) is 26.9 Å². The van der Waals surface area contributed by atoms with Gasteiger partial charge in [-0.2, -0.15) is 19.8 Å². The van der Waals surface area contributed by atoms with Crippen molar-refractivity contribution < 1.29 is 9.59 Å². The Kier molecular flexibility index (Phi) is 6.65. The lowest BCUT2D eigenvalue weighted by molar-refractivity contribution is -0.118. The molecule has 0 spiro atoms. The zero-order valence-electron chi connectivity index (χ0n) is 10.8. The van der Waals surface area contributed by atoms with Gasteiger partial charge >= 0.3 is 0 Å². The van der Waals surface area contributed by atoms with E-state index < -0.39 is 0 Å². The molecular weight excluding hydrogens is 396 g/mol. The second kappa shape index (κ2) is 8.00. The van der Waals surface area contributed by atoms with Gasteiger partial charge in [0.25, 0.3) is 0 Å². The molecule has 0 saturated carbocycles. The molecule has 0 aliphatic carbocycles. The highest BCUT2D eigenvalue weighted by molar-refractivity contribution is 9.13. The molecule has 0 amide bonds. The van der Waals surface area contributed by atoms with Crippen LogP contribution >= 0.6 is 31.9 Å². The van der Waals surface area contributed by atoms with Gasteiger partial charge < -0.3 is 0 Å². The minimum absolute atomic E-state index is 0.0278. The van der Waals surface area contributed by atoms with Crippen molar-refractivity contribution in [1.29, 1.82) is 0 Å². The van der Waals surface area contributed by atoms with Gasteiger partial charge in [0.15, 0.2) is 20.8 Å². The number of carbonyl (C=O) groups excluding carboxylic acids is 2. The van der Waals surface area contributed by atoms with E-state index in [1.165, 1.54) is 23.4 Å². The van der Waals surface area contributed by atoms with Crippen molar-refractivity contribution in [2.75, 3.05) is 0 Å². The van der Waals surface area contributed by atoms with Gasteiger partial charge in [-0.3, -0.25) is 9.59 Å². The first-order valence-electron chi connectivity index (χ1n) is 5.47. The molecule has 2 rings (SSSR count). The SMILES string of the molecule is CC(=O)Cn1nc(Br)c(Br)n1.CC(=O)Cn1nccn1. The third-order valence-electron chi connectivity index (χ3n) is 1.77. The molecule has 2 aromatic rings. The highest BCUT2D eigenvalue weighted by Gasteiger charge is 2.05. The summed E-state index contributed by atoms with van der Waals surface area (Å²) in [5.41, 5.74) is 0. The molecule has 108 valence electrons. The molecule has 0 saturated heterocycles. The van der Waals surface area contributed by atoms with Crippen LogP contribution in [0.3, 0.4) is 0 Å². The van der Waals surface area contributed by atoms with Gasteiger partial charge in [-0.15, -0.1) is 10.2 Å². The lowest BCUT2D eigenvalue weighted by Crippen LogP contribution is -2.09. The Morgan fingerprint density at radius 3 is 1.75 bits per heavy atom. The molecule has 0 radical (unpaired) electrons. The van der Waals surface area contributed by atoms with Crippen molar-refractivity contribution in [3.63, 3.8) is 0 Å². The normalized spacial score (nSPS) is 9.80. The minimum atomic E-state index is 0.0278. The van der Waals surface area contributed by atoms with Crippen LogP contribution in [0.4, 0.5) is 0 Å². The van der Waals surface area contributed by atoms with Crippen LogP contribution in [0, 0.1) is 0 Å². The molecule has 2 aromatic heterocycles. The lowest BCUT2D eigenvalue weighted by Gasteiger charge is -1.90. The van der Waals surface area contributed by atoms with E-state index in [-0.39, 0.29) is 24.7 Å². The lowest BCUT2D eigenvalue weighted by atomic mass is 10.5. The third kappa shape index (κ3) is 6.15. The van der Waals surface area contributed by atoms with E-state index in [0.29, 0.717) is 9.21 Å². The quantitative estimate of drug-likeness (QED) is 0.756. The van der Waals surface area contributed by atoms with Crippen molar-refractivity contribution in [2.24, 2.45) is 0 Å². The van der Waals surface area contributed by atoms with Crippen LogP contribution in [0.25, 0.3) is 0 Å². The highest BCUT2D eigenvalue weighted by atomic mass is 79.9. The molecule has 0 N–H and O–H groups in total. The van der Waals surface area contributed by atoms with Crippen LogP contribution in [0.5, 0.6) is 0 Å². The molecule has 0 aliphatic heterocycles. The summed E-state index contributed by atoms with van der Waals surface area (Å²) >= 11 is 6.31. The van der Waals surface area contributed by atoms with E-state index in [1.54, 1.807) is 12.4 Å². The van der Waals surface area contributed by atoms with Gasteiger partial charge in [0.05, 0.1) is 12.4 Å². The molecule has 0 fully saturated rings. The van der Waals surface area contributed by atoms with Crippen molar-refractivity contribution >= 4 is 43.4 Å². The molecule has 0 aliphatic rings. The van der Waals surface area contributed by atoms with E-state index in [2.05, 4.69) is 52.3 Å². The Balaban J connectivity index is 0.000000204. The van der Waals surface area contributed by atoms with Gasteiger partial charge in [-0.25, -0.2) is 0 Å². The van der Waals surface area contributed by atoms with Crippen molar-refractivity contribution in [1.82, 2.24) is 30.0 Å². The maximum absolute atomic E-state index is 10.6. The van der Waals surface area contributed by atoms with Crippen LogP contribution < -0.4 is 0 Å². The summed E-state index contributed by atoms with van der Waals surface area (Å²) in [6.07, 6.45) is 3.09. The fourth-order valence-corrected chi connectivity index (χ4v) is 1.63. The fraction of sp³-hybridized carbons (Fsp3) is 0.400. The van der Waals surface area contributed by atoms with Crippen LogP contribution in [0.1, 0.15) is 13.8 Å². The Morgan fingerprint density at radius 1 is 0.950 bits per heavy atom. The van der Waals surface area contributed by atoms with Gasteiger partial charge in [0.1, 0.15) is 13.1 Å². The standard InChI is InChI=1S/C5H5Br2N3O.C5H7N3O/c1-3(11)2-10-8-4(6)5(7)9-10;1-5(9)4-8-6-2-3-7-8/h2H2,1H3;2-3H,4H2,1H3. The minimum Gasteiger partial charge on any atom is -0.298 e. The fourth-order valence-electron chi connectivity index (χ4n) is 1.10. The summed E-state index contributed by atoms with van der Waals surface area (Å²) in [6.45, 7) is 3.48. The first-order valence-corrected chi connectivity index (χ1v) is 7.06. The molecule has 8 nitrogen and oxygen atoms in total. The predicted octanol–water partition coefficient (Wildman–Crippen LogP) is 1.26. The van der Waals surface area contributed by atoms with E-state index in [9.17, 15) is 9.59 Å². The average molecular weight is 408 g/mol. The number of hydrogen-bond donors (Lipinski definition) is 0. The molecule has 20 heavy (non-hydrogen) atoms. The molecule has 0 atom stereocenters. The molecule has 0 bridgehead atoms. The van der Waals surface area contributed by atoms with Crippen molar-refractivity contribution in [3.8, 4) is 0 Å². The van der Waals surface area contributed by atoms with Crippen LogP contribution in [-0.2, 0) is 22.7 Å². The third-order valence-corrected chi connectivity index (χ3v) is 3.37. The molecular formula is C10H12Br2N6O2. The summed E-state index contributed by atoms with van der Waals surface area (Å²) in [5.74, 6) is 0.0891. The maximum atomic E-state index is 10.6. The second-order valence-electron chi connectivity index (χ2n) is 3.78. The van der Waals surface area contributed by atoms with E-state index >= 15 is 0 Å².